The van der Waals surface area contributed by atoms with Gasteiger partial charge in [-0.3, -0.25) is 4.90 Å². The van der Waals surface area contributed by atoms with Gasteiger partial charge in [-0.1, -0.05) is 37.6 Å². The first kappa shape index (κ1) is 15.8. The van der Waals surface area contributed by atoms with Gasteiger partial charge in [0.25, 0.3) is 0 Å². The molecule has 3 heteroatoms. The van der Waals surface area contributed by atoms with Gasteiger partial charge in [0.2, 0.25) is 0 Å². The molecule has 0 aliphatic carbocycles. The smallest absolute Gasteiger partial charge is 0.0406 e. The largest absolute Gasteiger partial charge is 0.304 e. The SMILES string of the molecule is CN1CCN(C(C)(C)C(C)(C)c2ccc(Cl)cc2)CC1. The van der Waals surface area contributed by atoms with Crippen LogP contribution in [0.2, 0.25) is 5.02 Å². The van der Waals surface area contributed by atoms with Crippen LogP contribution in [0.25, 0.3) is 0 Å². The molecule has 20 heavy (non-hydrogen) atoms. The first-order valence-corrected chi connectivity index (χ1v) is 7.82. The van der Waals surface area contributed by atoms with Crippen molar-refractivity contribution in [3.05, 3.63) is 34.9 Å². The molecule has 1 aliphatic heterocycles. The van der Waals surface area contributed by atoms with E-state index in [0.717, 1.165) is 31.2 Å². The summed E-state index contributed by atoms with van der Waals surface area (Å²) >= 11 is 6.02. The Morgan fingerprint density at radius 2 is 1.40 bits per heavy atom. The molecule has 0 saturated carbocycles. The number of hydrogen-bond donors (Lipinski definition) is 0. The molecule has 1 aliphatic rings. The molecule has 0 spiro atoms. The van der Waals surface area contributed by atoms with Gasteiger partial charge in [0.1, 0.15) is 0 Å². The van der Waals surface area contributed by atoms with Gasteiger partial charge in [-0.15, -0.1) is 0 Å². The normalized spacial score (nSPS) is 19.3. The van der Waals surface area contributed by atoms with Gasteiger partial charge in [0, 0.05) is 42.2 Å². The molecule has 1 aromatic carbocycles. The minimum absolute atomic E-state index is 0.0769. The van der Waals surface area contributed by atoms with Gasteiger partial charge in [0.05, 0.1) is 0 Å². The highest BCUT2D eigenvalue weighted by atomic mass is 35.5. The van der Waals surface area contributed by atoms with Gasteiger partial charge in [0.15, 0.2) is 0 Å². The zero-order chi connectivity index (χ0) is 15.0. The third-order valence-electron chi connectivity index (χ3n) is 5.39. The van der Waals surface area contributed by atoms with Crippen molar-refractivity contribution in [3.8, 4) is 0 Å². The highest BCUT2D eigenvalue weighted by molar-refractivity contribution is 6.30. The summed E-state index contributed by atoms with van der Waals surface area (Å²) in [6, 6.07) is 8.33. The van der Waals surface area contributed by atoms with E-state index >= 15 is 0 Å². The number of rotatable bonds is 3. The van der Waals surface area contributed by atoms with Gasteiger partial charge < -0.3 is 4.90 Å². The Labute approximate surface area is 128 Å². The molecule has 112 valence electrons. The summed E-state index contributed by atoms with van der Waals surface area (Å²) in [5.41, 5.74) is 1.54. The van der Waals surface area contributed by atoms with E-state index < -0.39 is 0 Å². The molecule has 0 radical (unpaired) electrons. The summed E-state index contributed by atoms with van der Waals surface area (Å²) in [6.07, 6.45) is 0. The van der Waals surface area contributed by atoms with Crippen molar-refractivity contribution in [2.75, 3.05) is 33.2 Å². The summed E-state index contributed by atoms with van der Waals surface area (Å²) in [4.78, 5) is 5.03. The van der Waals surface area contributed by atoms with Crippen molar-refractivity contribution < 1.29 is 0 Å². The Hall–Kier alpha value is -0.570. The van der Waals surface area contributed by atoms with E-state index in [9.17, 15) is 0 Å². The third-order valence-corrected chi connectivity index (χ3v) is 5.64. The Morgan fingerprint density at radius 3 is 1.90 bits per heavy atom. The van der Waals surface area contributed by atoms with Crippen LogP contribution in [0.3, 0.4) is 0 Å². The molecule has 0 atom stereocenters. The summed E-state index contributed by atoms with van der Waals surface area (Å²) in [6.45, 7) is 14.0. The Kier molecular flexibility index (Phi) is 4.48. The molecule has 2 rings (SSSR count). The molecule has 2 nitrogen and oxygen atoms in total. The predicted molar refractivity (Wildman–Crippen MR) is 87.6 cm³/mol. The minimum Gasteiger partial charge on any atom is -0.304 e. The van der Waals surface area contributed by atoms with Crippen LogP contribution >= 0.6 is 11.6 Å². The van der Waals surface area contributed by atoms with Crippen LogP contribution in [0.4, 0.5) is 0 Å². The molecule has 0 aromatic heterocycles. The standard InChI is InChI=1S/C17H27ClN2/c1-16(2,14-6-8-15(18)9-7-14)17(3,4)20-12-10-19(5)11-13-20/h6-9H,10-13H2,1-5H3. The van der Waals surface area contributed by atoms with E-state index in [2.05, 4.69) is 56.7 Å². The van der Waals surface area contributed by atoms with E-state index in [0.29, 0.717) is 0 Å². The van der Waals surface area contributed by atoms with Crippen LogP contribution in [0, 0.1) is 0 Å². The van der Waals surface area contributed by atoms with Crippen LogP contribution in [-0.4, -0.2) is 48.6 Å². The first-order valence-electron chi connectivity index (χ1n) is 7.45. The van der Waals surface area contributed by atoms with Crippen molar-refractivity contribution >= 4 is 11.6 Å². The van der Waals surface area contributed by atoms with Crippen LogP contribution in [0.5, 0.6) is 0 Å². The van der Waals surface area contributed by atoms with E-state index in [4.69, 9.17) is 11.6 Å². The van der Waals surface area contributed by atoms with Crippen LogP contribution in [-0.2, 0) is 5.41 Å². The van der Waals surface area contributed by atoms with Crippen molar-refractivity contribution in [2.45, 2.75) is 38.6 Å². The average molecular weight is 295 g/mol. The van der Waals surface area contributed by atoms with Gasteiger partial charge in [-0.05, 0) is 38.6 Å². The fraction of sp³-hybridized carbons (Fsp3) is 0.647. The second kappa shape index (κ2) is 5.67. The van der Waals surface area contributed by atoms with Crippen LogP contribution in [0.15, 0.2) is 24.3 Å². The molecule has 1 aromatic rings. The predicted octanol–water partition coefficient (Wildman–Crippen LogP) is 3.64. The van der Waals surface area contributed by atoms with Gasteiger partial charge in [-0.25, -0.2) is 0 Å². The van der Waals surface area contributed by atoms with Crippen molar-refractivity contribution in [1.82, 2.24) is 9.80 Å². The maximum absolute atomic E-state index is 6.02. The molecule has 1 fully saturated rings. The Morgan fingerprint density at radius 1 is 0.900 bits per heavy atom. The number of hydrogen-bond acceptors (Lipinski definition) is 2. The van der Waals surface area contributed by atoms with Crippen molar-refractivity contribution in [2.24, 2.45) is 0 Å². The first-order chi connectivity index (χ1) is 9.25. The average Bonchev–Trinajstić information content (AvgIpc) is 2.39. The number of nitrogens with zero attached hydrogens (tertiary/aromatic N) is 2. The lowest BCUT2D eigenvalue weighted by atomic mass is 9.68. The number of piperazine rings is 1. The molecular weight excluding hydrogens is 268 g/mol. The van der Waals surface area contributed by atoms with E-state index in [1.54, 1.807) is 0 Å². The van der Waals surface area contributed by atoms with Gasteiger partial charge in [-0.2, -0.15) is 0 Å². The monoisotopic (exact) mass is 294 g/mol. The molecule has 0 N–H and O–H groups in total. The van der Waals surface area contributed by atoms with Crippen LogP contribution in [0.1, 0.15) is 33.3 Å². The molecule has 0 unspecified atom stereocenters. The second-order valence-electron chi connectivity index (χ2n) is 6.98. The van der Waals surface area contributed by atoms with Crippen molar-refractivity contribution in [3.63, 3.8) is 0 Å². The van der Waals surface area contributed by atoms with E-state index in [1.807, 2.05) is 12.1 Å². The summed E-state index contributed by atoms with van der Waals surface area (Å²) < 4.78 is 0. The lowest BCUT2D eigenvalue weighted by Crippen LogP contribution is -2.61. The molecule has 1 heterocycles. The maximum Gasteiger partial charge on any atom is 0.0406 e. The van der Waals surface area contributed by atoms with E-state index in [1.165, 1.54) is 5.56 Å². The molecule has 0 bridgehead atoms. The third kappa shape index (κ3) is 2.88. The number of halogens is 1. The Bertz CT molecular complexity index is 443. The summed E-state index contributed by atoms with van der Waals surface area (Å²) in [5, 5.41) is 0.807. The zero-order valence-electron chi connectivity index (χ0n) is 13.4. The quantitative estimate of drug-likeness (QED) is 0.840. The molecule has 0 amide bonds. The minimum atomic E-state index is 0.0769. The fourth-order valence-electron chi connectivity index (χ4n) is 2.98. The Balaban J connectivity index is 2.24. The second-order valence-corrected chi connectivity index (χ2v) is 7.42. The summed E-state index contributed by atoms with van der Waals surface area (Å²) in [7, 11) is 2.20. The lowest BCUT2D eigenvalue weighted by molar-refractivity contribution is 0.0173. The van der Waals surface area contributed by atoms with E-state index in [-0.39, 0.29) is 11.0 Å². The zero-order valence-corrected chi connectivity index (χ0v) is 14.2. The topological polar surface area (TPSA) is 6.48 Å². The lowest BCUT2D eigenvalue weighted by Gasteiger charge is -2.52. The fourth-order valence-corrected chi connectivity index (χ4v) is 3.11. The van der Waals surface area contributed by atoms with Crippen molar-refractivity contribution in [1.29, 1.82) is 0 Å². The summed E-state index contributed by atoms with van der Waals surface area (Å²) in [5.74, 6) is 0. The van der Waals surface area contributed by atoms with Gasteiger partial charge >= 0.3 is 0 Å². The molecule has 1 saturated heterocycles. The highest BCUT2D eigenvalue weighted by Crippen LogP contribution is 2.39. The maximum atomic E-state index is 6.02. The van der Waals surface area contributed by atoms with Crippen LogP contribution < -0.4 is 0 Å². The number of benzene rings is 1. The molecular formula is C17H27ClN2. The highest BCUT2D eigenvalue weighted by Gasteiger charge is 2.43. The number of likely N-dealkylation sites (N-methyl/N-ethyl adjacent to an activating group) is 1.